The Morgan fingerprint density at radius 3 is 2.42 bits per heavy atom. The Balaban J connectivity index is 1.45. The van der Waals surface area contributed by atoms with Gasteiger partial charge in [-0.05, 0) is 30.5 Å². The molecule has 3 aliphatic rings. The van der Waals surface area contributed by atoms with Crippen molar-refractivity contribution in [1.29, 1.82) is 0 Å². The van der Waals surface area contributed by atoms with Crippen LogP contribution in [0.25, 0.3) is 0 Å². The van der Waals surface area contributed by atoms with E-state index in [-0.39, 0.29) is 30.6 Å². The quantitative estimate of drug-likeness (QED) is 0.894. The molecule has 2 heterocycles. The molecule has 5 nitrogen and oxygen atoms in total. The minimum absolute atomic E-state index is 0.00207. The van der Waals surface area contributed by atoms with Crippen molar-refractivity contribution in [3.8, 4) is 0 Å². The number of carbonyl (C=O) groups is 2. The molecule has 6 heteroatoms. The second-order valence-electron chi connectivity index (χ2n) is 8.10. The molecule has 2 saturated heterocycles. The van der Waals surface area contributed by atoms with Crippen molar-refractivity contribution in [3.05, 3.63) is 35.6 Å². The SMILES string of the molecule is O=C(Cc1ccc(F)cc1)N1C[C@@H]2CN(C3CCCC3)C[C@]2(C(=O)O)C1. The molecule has 1 N–H and O–H groups in total. The van der Waals surface area contributed by atoms with Gasteiger partial charge in [0.2, 0.25) is 5.91 Å². The van der Waals surface area contributed by atoms with Gasteiger partial charge in [-0.2, -0.15) is 0 Å². The van der Waals surface area contributed by atoms with Crippen LogP contribution in [0.4, 0.5) is 4.39 Å². The molecule has 26 heavy (non-hydrogen) atoms. The Kier molecular flexibility index (Phi) is 4.47. The topological polar surface area (TPSA) is 60.9 Å². The smallest absolute Gasteiger partial charge is 0.313 e. The third-order valence-electron chi connectivity index (χ3n) is 6.52. The number of carboxylic acids is 1. The zero-order chi connectivity index (χ0) is 18.3. The molecule has 0 bridgehead atoms. The van der Waals surface area contributed by atoms with Gasteiger partial charge in [0.15, 0.2) is 0 Å². The van der Waals surface area contributed by atoms with E-state index in [4.69, 9.17) is 0 Å². The lowest BCUT2D eigenvalue weighted by Crippen LogP contribution is -2.43. The first kappa shape index (κ1) is 17.5. The van der Waals surface area contributed by atoms with E-state index >= 15 is 0 Å². The number of likely N-dealkylation sites (tertiary alicyclic amines) is 2. The lowest BCUT2D eigenvalue weighted by molar-refractivity contribution is -0.149. The summed E-state index contributed by atoms with van der Waals surface area (Å²) in [5.74, 6) is -1.18. The van der Waals surface area contributed by atoms with Crippen LogP contribution in [-0.2, 0) is 16.0 Å². The standard InChI is InChI=1S/C20H25FN2O3/c21-16-7-5-14(6-8-16)9-18(24)23-11-15-10-22(17-3-1-2-4-17)12-20(15,13-23)19(25)26/h5-8,15,17H,1-4,9-13H2,(H,25,26)/t15-,20-/m0/s1. The molecule has 3 fully saturated rings. The number of fused-ring (bicyclic) bond motifs is 1. The van der Waals surface area contributed by atoms with Crippen LogP contribution >= 0.6 is 0 Å². The van der Waals surface area contributed by atoms with Crippen molar-refractivity contribution in [1.82, 2.24) is 9.80 Å². The highest BCUT2D eigenvalue weighted by Crippen LogP contribution is 2.45. The summed E-state index contributed by atoms with van der Waals surface area (Å²) in [5.41, 5.74) is -0.0773. The van der Waals surface area contributed by atoms with Crippen molar-refractivity contribution in [2.45, 2.75) is 38.1 Å². The van der Waals surface area contributed by atoms with Gasteiger partial charge >= 0.3 is 5.97 Å². The summed E-state index contributed by atoms with van der Waals surface area (Å²) in [7, 11) is 0. The van der Waals surface area contributed by atoms with Gasteiger partial charge in [0, 0.05) is 38.1 Å². The average Bonchev–Trinajstić information content (AvgIpc) is 3.30. The average molecular weight is 360 g/mol. The Morgan fingerprint density at radius 2 is 1.81 bits per heavy atom. The fraction of sp³-hybridized carbons (Fsp3) is 0.600. The maximum atomic E-state index is 13.0. The molecule has 1 aliphatic carbocycles. The zero-order valence-electron chi connectivity index (χ0n) is 14.9. The van der Waals surface area contributed by atoms with E-state index in [2.05, 4.69) is 4.90 Å². The maximum absolute atomic E-state index is 13.0. The lowest BCUT2D eigenvalue weighted by atomic mass is 9.81. The normalized spacial score (nSPS) is 29.3. The van der Waals surface area contributed by atoms with Crippen LogP contribution in [0.15, 0.2) is 24.3 Å². The van der Waals surface area contributed by atoms with Crippen molar-refractivity contribution < 1.29 is 19.1 Å². The van der Waals surface area contributed by atoms with E-state index < -0.39 is 11.4 Å². The molecule has 1 aromatic carbocycles. The van der Waals surface area contributed by atoms with Gasteiger partial charge in [-0.3, -0.25) is 14.5 Å². The number of benzene rings is 1. The predicted molar refractivity (Wildman–Crippen MR) is 94.1 cm³/mol. The molecule has 2 atom stereocenters. The number of nitrogens with zero attached hydrogens (tertiary/aromatic N) is 2. The van der Waals surface area contributed by atoms with Gasteiger partial charge in [0.05, 0.1) is 6.42 Å². The van der Waals surface area contributed by atoms with Crippen molar-refractivity contribution >= 4 is 11.9 Å². The second kappa shape index (κ2) is 6.65. The first-order valence-corrected chi connectivity index (χ1v) is 9.47. The highest BCUT2D eigenvalue weighted by Gasteiger charge is 2.59. The highest BCUT2D eigenvalue weighted by atomic mass is 19.1. The van der Waals surface area contributed by atoms with Crippen LogP contribution in [0.3, 0.4) is 0 Å². The highest BCUT2D eigenvalue weighted by molar-refractivity contribution is 5.83. The molecule has 0 unspecified atom stereocenters. The van der Waals surface area contributed by atoms with E-state index in [1.807, 2.05) is 0 Å². The number of aliphatic carboxylic acids is 1. The Bertz CT molecular complexity index is 702. The minimum Gasteiger partial charge on any atom is -0.481 e. The number of halogens is 1. The first-order chi connectivity index (χ1) is 12.5. The Morgan fingerprint density at radius 1 is 1.12 bits per heavy atom. The van der Waals surface area contributed by atoms with Gasteiger partial charge in [-0.15, -0.1) is 0 Å². The van der Waals surface area contributed by atoms with Crippen LogP contribution in [-0.4, -0.2) is 59.0 Å². The summed E-state index contributed by atoms with van der Waals surface area (Å²) in [6, 6.07) is 6.43. The fourth-order valence-electron chi connectivity index (χ4n) is 5.03. The second-order valence-corrected chi connectivity index (χ2v) is 8.10. The summed E-state index contributed by atoms with van der Waals surface area (Å²) in [5, 5.41) is 9.95. The molecule has 0 aromatic heterocycles. The number of hydrogen-bond acceptors (Lipinski definition) is 3. The molecular weight excluding hydrogens is 335 g/mol. The number of amides is 1. The molecule has 0 spiro atoms. The summed E-state index contributed by atoms with van der Waals surface area (Å²) >= 11 is 0. The van der Waals surface area contributed by atoms with Gasteiger partial charge < -0.3 is 10.0 Å². The van der Waals surface area contributed by atoms with Gasteiger partial charge in [0.25, 0.3) is 0 Å². The predicted octanol–water partition coefficient (Wildman–Crippen LogP) is 2.16. The molecule has 1 aromatic rings. The van der Waals surface area contributed by atoms with Crippen LogP contribution in [0, 0.1) is 17.2 Å². The lowest BCUT2D eigenvalue weighted by Gasteiger charge is -2.28. The number of hydrogen-bond donors (Lipinski definition) is 1. The van der Waals surface area contributed by atoms with Gasteiger partial charge in [-0.1, -0.05) is 25.0 Å². The van der Waals surface area contributed by atoms with Crippen LogP contribution in [0.5, 0.6) is 0 Å². The van der Waals surface area contributed by atoms with Crippen LogP contribution in [0.1, 0.15) is 31.2 Å². The van der Waals surface area contributed by atoms with E-state index in [0.29, 0.717) is 19.1 Å². The van der Waals surface area contributed by atoms with Crippen molar-refractivity contribution in [3.63, 3.8) is 0 Å². The van der Waals surface area contributed by atoms with E-state index in [9.17, 15) is 19.1 Å². The summed E-state index contributed by atoms with van der Waals surface area (Å²) in [6.07, 6.45) is 4.97. The van der Waals surface area contributed by atoms with Crippen LogP contribution in [0.2, 0.25) is 0 Å². The monoisotopic (exact) mass is 360 g/mol. The van der Waals surface area contributed by atoms with Crippen LogP contribution < -0.4 is 0 Å². The molecule has 0 radical (unpaired) electrons. The van der Waals surface area contributed by atoms with E-state index in [1.165, 1.54) is 25.0 Å². The Hall–Kier alpha value is -1.95. The summed E-state index contributed by atoms with van der Waals surface area (Å²) in [4.78, 5) is 28.8. The fourth-order valence-corrected chi connectivity index (χ4v) is 5.03. The summed E-state index contributed by atoms with van der Waals surface area (Å²) < 4.78 is 13.0. The minimum atomic E-state index is -0.832. The third kappa shape index (κ3) is 3.00. The Labute approximate surface area is 152 Å². The van der Waals surface area contributed by atoms with Gasteiger partial charge in [-0.25, -0.2) is 4.39 Å². The van der Waals surface area contributed by atoms with E-state index in [1.54, 1.807) is 17.0 Å². The van der Waals surface area contributed by atoms with Gasteiger partial charge in [0.1, 0.15) is 11.2 Å². The molecule has 2 aliphatic heterocycles. The molecule has 140 valence electrons. The molecular formula is C20H25FN2O3. The molecule has 4 rings (SSSR count). The first-order valence-electron chi connectivity index (χ1n) is 9.47. The largest absolute Gasteiger partial charge is 0.481 e. The summed E-state index contributed by atoms with van der Waals surface area (Å²) in [6.45, 7) is 2.13. The van der Waals surface area contributed by atoms with Crippen molar-refractivity contribution in [2.24, 2.45) is 11.3 Å². The van der Waals surface area contributed by atoms with Crippen molar-refractivity contribution in [2.75, 3.05) is 26.2 Å². The number of carboxylic acid groups (broad SMARTS) is 1. The number of rotatable bonds is 4. The molecule has 1 saturated carbocycles. The number of carbonyl (C=O) groups excluding carboxylic acids is 1. The zero-order valence-corrected chi connectivity index (χ0v) is 14.9. The third-order valence-corrected chi connectivity index (χ3v) is 6.52. The maximum Gasteiger partial charge on any atom is 0.313 e. The molecule has 1 amide bonds. The van der Waals surface area contributed by atoms with E-state index in [0.717, 1.165) is 24.9 Å².